The highest BCUT2D eigenvalue weighted by Crippen LogP contribution is 2.09. The third-order valence-corrected chi connectivity index (χ3v) is 1.68. The van der Waals surface area contributed by atoms with Gasteiger partial charge in [-0.2, -0.15) is 0 Å². The molecule has 4 N–H and O–H groups in total. The lowest BCUT2D eigenvalue weighted by Gasteiger charge is -2.08. The van der Waals surface area contributed by atoms with Gasteiger partial charge in [0.1, 0.15) is 0 Å². The predicted octanol–water partition coefficient (Wildman–Crippen LogP) is -1.09. The minimum Gasteiger partial charge on any atom is -0.326 e. The van der Waals surface area contributed by atoms with Gasteiger partial charge in [0.15, 0.2) is 11.6 Å². The van der Waals surface area contributed by atoms with Crippen LogP contribution >= 0.6 is 0 Å². The summed E-state index contributed by atoms with van der Waals surface area (Å²) >= 11 is 0. The minimum absolute atomic E-state index is 0.0962. The van der Waals surface area contributed by atoms with Gasteiger partial charge in [-0.05, 0) is 12.2 Å². The van der Waals surface area contributed by atoms with Crippen LogP contribution in [0.15, 0.2) is 23.3 Å². The number of hydrogen-bond donors (Lipinski definition) is 2. The van der Waals surface area contributed by atoms with Crippen molar-refractivity contribution in [3.8, 4) is 0 Å². The predicted molar refractivity (Wildman–Crippen MR) is 44.3 cm³/mol. The first kappa shape index (κ1) is 8.83. The van der Waals surface area contributed by atoms with Crippen LogP contribution in [0, 0.1) is 0 Å². The fraction of sp³-hybridized carbons (Fsp3) is 0.250. The van der Waals surface area contributed by atoms with Crippen molar-refractivity contribution in [2.24, 2.45) is 11.5 Å². The number of allylic oxidation sites excluding steroid dienone is 2. The number of carbonyl (C=O) groups excluding carboxylic acids is 2. The topological polar surface area (TPSA) is 86.2 Å². The maximum absolute atomic E-state index is 11.1. The lowest BCUT2D eigenvalue weighted by Crippen LogP contribution is -2.22. The highest BCUT2D eigenvalue weighted by Gasteiger charge is 2.17. The molecule has 0 heterocycles. The van der Waals surface area contributed by atoms with Crippen LogP contribution in [0.25, 0.3) is 0 Å². The Morgan fingerprint density at radius 2 is 1.25 bits per heavy atom. The summed E-state index contributed by atoms with van der Waals surface area (Å²) in [5.74, 6) is -0.421. The van der Waals surface area contributed by atoms with Crippen molar-refractivity contribution in [2.45, 2.75) is 0 Å². The Labute approximate surface area is 69.9 Å². The van der Waals surface area contributed by atoms with Crippen molar-refractivity contribution in [2.75, 3.05) is 13.1 Å². The molecule has 0 spiro atoms. The van der Waals surface area contributed by atoms with Crippen molar-refractivity contribution in [1.29, 1.82) is 0 Å². The summed E-state index contributed by atoms with van der Waals surface area (Å²) in [4.78, 5) is 22.2. The number of carbonyl (C=O) groups is 2. The zero-order valence-corrected chi connectivity index (χ0v) is 6.54. The number of rotatable bonds is 2. The molecule has 12 heavy (non-hydrogen) atoms. The minimum atomic E-state index is -0.211. The van der Waals surface area contributed by atoms with Gasteiger partial charge < -0.3 is 11.5 Å². The van der Waals surface area contributed by atoms with E-state index in [2.05, 4.69) is 0 Å². The van der Waals surface area contributed by atoms with Gasteiger partial charge in [0.25, 0.3) is 0 Å². The van der Waals surface area contributed by atoms with Crippen molar-refractivity contribution >= 4 is 11.6 Å². The van der Waals surface area contributed by atoms with E-state index in [1.165, 1.54) is 12.2 Å². The average Bonchev–Trinajstić information content (AvgIpc) is 2.08. The van der Waals surface area contributed by atoms with E-state index in [-0.39, 0.29) is 24.7 Å². The SMILES string of the molecule is NCC1=CC(=O)C(CN)=CC1=O. The van der Waals surface area contributed by atoms with Gasteiger partial charge in [0, 0.05) is 24.2 Å². The van der Waals surface area contributed by atoms with Gasteiger partial charge in [-0.1, -0.05) is 0 Å². The highest BCUT2D eigenvalue weighted by molar-refractivity contribution is 6.20. The lowest BCUT2D eigenvalue weighted by molar-refractivity contribution is -0.115. The van der Waals surface area contributed by atoms with Gasteiger partial charge in [-0.15, -0.1) is 0 Å². The molecule has 0 unspecified atom stereocenters. The number of ketones is 2. The molecule has 4 heteroatoms. The Balaban J connectivity index is 2.94. The van der Waals surface area contributed by atoms with E-state index in [0.717, 1.165) is 0 Å². The van der Waals surface area contributed by atoms with Gasteiger partial charge in [0.05, 0.1) is 0 Å². The number of nitrogens with two attached hydrogens (primary N) is 2. The molecule has 1 aliphatic rings. The molecule has 0 aromatic heterocycles. The molecule has 0 saturated heterocycles. The first-order valence-electron chi connectivity index (χ1n) is 3.59. The van der Waals surface area contributed by atoms with Crippen LogP contribution in [0.2, 0.25) is 0 Å². The fourth-order valence-corrected chi connectivity index (χ4v) is 0.963. The molecular weight excluding hydrogens is 156 g/mol. The van der Waals surface area contributed by atoms with Crippen molar-refractivity contribution in [3.63, 3.8) is 0 Å². The van der Waals surface area contributed by atoms with Gasteiger partial charge in [-0.3, -0.25) is 9.59 Å². The molecule has 0 bridgehead atoms. The van der Waals surface area contributed by atoms with E-state index in [9.17, 15) is 9.59 Å². The molecule has 1 rings (SSSR count). The van der Waals surface area contributed by atoms with E-state index in [4.69, 9.17) is 11.5 Å². The molecule has 0 aliphatic heterocycles. The largest absolute Gasteiger partial charge is 0.326 e. The first-order chi connectivity index (χ1) is 5.69. The van der Waals surface area contributed by atoms with E-state index < -0.39 is 0 Å². The normalized spacial score (nSPS) is 17.5. The van der Waals surface area contributed by atoms with Gasteiger partial charge in [-0.25, -0.2) is 0 Å². The molecule has 4 nitrogen and oxygen atoms in total. The first-order valence-corrected chi connectivity index (χ1v) is 3.59. The van der Waals surface area contributed by atoms with Crippen molar-refractivity contribution < 1.29 is 9.59 Å². The second-order valence-electron chi connectivity index (χ2n) is 2.48. The van der Waals surface area contributed by atoms with Crippen LogP contribution in [0.5, 0.6) is 0 Å². The quantitative estimate of drug-likeness (QED) is 0.510. The smallest absolute Gasteiger partial charge is 0.183 e. The molecule has 0 aromatic rings. The summed E-state index contributed by atoms with van der Waals surface area (Å²) in [6.07, 6.45) is 2.51. The molecule has 0 saturated carbocycles. The summed E-state index contributed by atoms with van der Waals surface area (Å²) in [5.41, 5.74) is 11.2. The second kappa shape index (κ2) is 3.42. The maximum atomic E-state index is 11.1. The Kier molecular flexibility index (Phi) is 2.52. The summed E-state index contributed by atoms with van der Waals surface area (Å²) < 4.78 is 0. The Morgan fingerprint density at radius 1 is 0.917 bits per heavy atom. The maximum Gasteiger partial charge on any atom is 0.183 e. The summed E-state index contributed by atoms with van der Waals surface area (Å²) in [7, 11) is 0. The molecule has 0 fully saturated rings. The number of hydrogen-bond acceptors (Lipinski definition) is 4. The second-order valence-corrected chi connectivity index (χ2v) is 2.48. The Morgan fingerprint density at radius 3 is 1.50 bits per heavy atom. The molecule has 0 amide bonds. The molecule has 0 radical (unpaired) electrons. The molecule has 0 atom stereocenters. The van der Waals surface area contributed by atoms with E-state index in [0.29, 0.717) is 11.1 Å². The summed E-state index contributed by atoms with van der Waals surface area (Å²) in [5, 5.41) is 0. The molecule has 64 valence electrons. The highest BCUT2D eigenvalue weighted by atomic mass is 16.1. The van der Waals surface area contributed by atoms with Crippen LogP contribution < -0.4 is 11.5 Å². The monoisotopic (exact) mass is 166 g/mol. The molecule has 1 aliphatic carbocycles. The third kappa shape index (κ3) is 1.49. The van der Waals surface area contributed by atoms with Crippen LogP contribution in [-0.2, 0) is 9.59 Å². The Bertz CT molecular complexity index is 259. The lowest BCUT2D eigenvalue weighted by atomic mass is 9.97. The van der Waals surface area contributed by atoms with E-state index in [1.54, 1.807) is 0 Å². The summed E-state index contributed by atoms with van der Waals surface area (Å²) in [6, 6.07) is 0. The van der Waals surface area contributed by atoms with Crippen LogP contribution in [0.4, 0.5) is 0 Å². The Hall–Kier alpha value is -1.26. The van der Waals surface area contributed by atoms with Crippen molar-refractivity contribution in [1.82, 2.24) is 0 Å². The molecule has 0 aromatic carbocycles. The van der Waals surface area contributed by atoms with Crippen LogP contribution in [0.3, 0.4) is 0 Å². The zero-order chi connectivity index (χ0) is 9.14. The van der Waals surface area contributed by atoms with Gasteiger partial charge >= 0.3 is 0 Å². The zero-order valence-electron chi connectivity index (χ0n) is 6.54. The van der Waals surface area contributed by atoms with Gasteiger partial charge in [0.2, 0.25) is 0 Å². The fourth-order valence-electron chi connectivity index (χ4n) is 0.963. The third-order valence-electron chi connectivity index (χ3n) is 1.68. The van der Waals surface area contributed by atoms with E-state index in [1.807, 2.05) is 0 Å². The van der Waals surface area contributed by atoms with Crippen LogP contribution in [0.1, 0.15) is 0 Å². The summed E-state index contributed by atoms with van der Waals surface area (Å²) in [6.45, 7) is 0.192. The average molecular weight is 166 g/mol. The van der Waals surface area contributed by atoms with Crippen molar-refractivity contribution in [3.05, 3.63) is 23.3 Å². The van der Waals surface area contributed by atoms with E-state index >= 15 is 0 Å². The molecular formula is C8H10N2O2. The van der Waals surface area contributed by atoms with Crippen LogP contribution in [-0.4, -0.2) is 24.7 Å². The standard InChI is InChI=1S/C8H10N2O2/c9-3-5-1-7(11)6(4-10)2-8(5)12/h1-2H,3-4,9-10H2.